The van der Waals surface area contributed by atoms with Gasteiger partial charge in [-0.25, -0.2) is 0 Å². The number of rotatable bonds is 5. The van der Waals surface area contributed by atoms with Crippen LogP contribution < -0.4 is 10.1 Å². The van der Waals surface area contributed by atoms with Gasteiger partial charge in [0, 0.05) is 12.6 Å². The van der Waals surface area contributed by atoms with Crippen molar-refractivity contribution < 1.29 is 17.9 Å². The van der Waals surface area contributed by atoms with E-state index < -0.39 is 6.36 Å². The molecule has 0 saturated heterocycles. The second-order valence-electron chi connectivity index (χ2n) is 5.76. The van der Waals surface area contributed by atoms with E-state index >= 15 is 0 Å². The second-order valence-corrected chi connectivity index (χ2v) is 5.76. The van der Waals surface area contributed by atoms with Crippen LogP contribution in [0.15, 0.2) is 24.3 Å². The summed E-state index contributed by atoms with van der Waals surface area (Å²) in [4.78, 5) is 0. The Kier molecular flexibility index (Phi) is 5.51. The number of hydrogen-bond acceptors (Lipinski definition) is 2. The molecule has 1 aliphatic carbocycles. The van der Waals surface area contributed by atoms with Crippen molar-refractivity contribution in [2.75, 3.05) is 0 Å². The predicted molar refractivity (Wildman–Crippen MR) is 76.0 cm³/mol. The molecule has 21 heavy (non-hydrogen) atoms. The van der Waals surface area contributed by atoms with E-state index in [-0.39, 0.29) is 5.75 Å². The third-order valence-corrected chi connectivity index (χ3v) is 4.14. The molecular weight excluding hydrogens is 279 g/mol. The lowest BCUT2D eigenvalue weighted by Crippen LogP contribution is -2.34. The number of alkyl halides is 3. The van der Waals surface area contributed by atoms with Gasteiger partial charge >= 0.3 is 6.36 Å². The molecular formula is C16H22F3NO. The highest BCUT2D eigenvalue weighted by molar-refractivity contribution is 5.27. The van der Waals surface area contributed by atoms with Crippen molar-refractivity contribution in [3.63, 3.8) is 0 Å². The van der Waals surface area contributed by atoms with Gasteiger partial charge in [-0.2, -0.15) is 0 Å². The highest BCUT2D eigenvalue weighted by Gasteiger charge is 2.30. The molecule has 0 heterocycles. The summed E-state index contributed by atoms with van der Waals surface area (Å²) in [5.74, 6) is 0.540. The number of hydrogen-bond donors (Lipinski definition) is 1. The SMILES string of the molecule is C[C@@H](NCc1ccc(OC(F)(F)F)cc1)C1CCCCC1. The third-order valence-electron chi connectivity index (χ3n) is 4.14. The second kappa shape index (κ2) is 7.16. The van der Waals surface area contributed by atoms with E-state index in [0.29, 0.717) is 18.5 Å². The van der Waals surface area contributed by atoms with Crippen molar-refractivity contribution in [3.8, 4) is 5.75 Å². The van der Waals surface area contributed by atoms with Gasteiger partial charge in [0.05, 0.1) is 0 Å². The Morgan fingerprint density at radius 3 is 2.33 bits per heavy atom. The van der Waals surface area contributed by atoms with Gasteiger partial charge in [0.2, 0.25) is 0 Å². The molecule has 2 rings (SSSR count). The summed E-state index contributed by atoms with van der Waals surface area (Å²) >= 11 is 0. The topological polar surface area (TPSA) is 21.3 Å². The molecule has 118 valence electrons. The quantitative estimate of drug-likeness (QED) is 0.855. The first-order chi connectivity index (χ1) is 9.94. The van der Waals surface area contributed by atoms with E-state index in [1.165, 1.54) is 44.2 Å². The Labute approximate surface area is 123 Å². The minimum absolute atomic E-state index is 0.174. The summed E-state index contributed by atoms with van der Waals surface area (Å²) in [6.45, 7) is 2.86. The van der Waals surface area contributed by atoms with E-state index in [2.05, 4.69) is 17.0 Å². The zero-order valence-corrected chi connectivity index (χ0v) is 12.2. The monoisotopic (exact) mass is 301 g/mol. The van der Waals surface area contributed by atoms with Crippen LogP contribution >= 0.6 is 0 Å². The molecule has 0 radical (unpaired) electrons. The van der Waals surface area contributed by atoms with Crippen molar-refractivity contribution in [3.05, 3.63) is 29.8 Å². The van der Waals surface area contributed by atoms with Gasteiger partial charge in [-0.15, -0.1) is 13.2 Å². The van der Waals surface area contributed by atoms with Gasteiger partial charge in [-0.05, 0) is 43.4 Å². The van der Waals surface area contributed by atoms with E-state index in [4.69, 9.17) is 0 Å². The zero-order chi connectivity index (χ0) is 15.3. The van der Waals surface area contributed by atoms with Crippen molar-refractivity contribution >= 4 is 0 Å². The minimum atomic E-state index is -4.63. The van der Waals surface area contributed by atoms with E-state index in [1.807, 2.05) is 0 Å². The molecule has 0 amide bonds. The zero-order valence-electron chi connectivity index (χ0n) is 12.2. The van der Waals surface area contributed by atoms with Gasteiger partial charge in [0.1, 0.15) is 5.75 Å². The number of halogens is 3. The fourth-order valence-corrected chi connectivity index (χ4v) is 2.89. The highest BCUT2D eigenvalue weighted by Crippen LogP contribution is 2.26. The molecule has 1 aliphatic rings. The first-order valence-corrected chi connectivity index (χ1v) is 7.52. The smallest absolute Gasteiger partial charge is 0.406 e. The van der Waals surface area contributed by atoms with Crippen LogP contribution in [0.1, 0.15) is 44.6 Å². The van der Waals surface area contributed by atoms with Gasteiger partial charge in [0.25, 0.3) is 0 Å². The molecule has 1 fully saturated rings. The average molecular weight is 301 g/mol. The normalized spacial score (nSPS) is 18.5. The van der Waals surface area contributed by atoms with Crippen molar-refractivity contribution in [2.45, 2.75) is 58.0 Å². The highest BCUT2D eigenvalue weighted by atomic mass is 19.4. The largest absolute Gasteiger partial charge is 0.573 e. The fraction of sp³-hybridized carbons (Fsp3) is 0.625. The van der Waals surface area contributed by atoms with Crippen LogP contribution in [0.3, 0.4) is 0 Å². The Hall–Kier alpha value is -1.23. The maximum absolute atomic E-state index is 12.1. The van der Waals surface area contributed by atoms with E-state index in [1.54, 1.807) is 12.1 Å². The van der Waals surface area contributed by atoms with Crippen LogP contribution in [-0.2, 0) is 6.54 Å². The lowest BCUT2D eigenvalue weighted by molar-refractivity contribution is -0.274. The molecule has 0 unspecified atom stereocenters. The molecule has 0 bridgehead atoms. The van der Waals surface area contributed by atoms with Gasteiger partial charge in [0.15, 0.2) is 0 Å². The van der Waals surface area contributed by atoms with Crippen LogP contribution in [0.2, 0.25) is 0 Å². The Morgan fingerprint density at radius 2 is 1.76 bits per heavy atom. The van der Waals surface area contributed by atoms with E-state index in [9.17, 15) is 13.2 Å². The molecule has 1 atom stereocenters. The van der Waals surface area contributed by atoms with Crippen molar-refractivity contribution in [2.24, 2.45) is 5.92 Å². The minimum Gasteiger partial charge on any atom is -0.406 e. The average Bonchev–Trinajstić information content (AvgIpc) is 2.45. The summed E-state index contributed by atoms with van der Waals surface area (Å²) < 4.78 is 40.1. The molecule has 5 heteroatoms. The first-order valence-electron chi connectivity index (χ1n) is 7.52. The fourth-order valence-electron chi connectivity index (χ4n) is 2.89. The summed E-state index contributed by atoms with van der Waals surface area (Å²) in [6, 6.07) is 6.49. The molecule has 1 N–H and O–H groups in total. The van der Waals surface area contributed by atoms with Crippen LogP contribution in [0.5, 0.6) is 5.75 Å². The van der Waals surface area contributed by atoms with Crippen LogP contribution in [0, 0.1) is 5.92 Å². The van der Waals surface area contributed by atoms with Crippen LogP contribution in [-0.4, -0.2) is 12.4 Å². The maximum atomic E-state index is 12.1. The molecule has 0 aliphatic heterocycles. The lowest BCUT2D eigenvalue weighted by atomic mass is 9.84. The Balaban J connectivity index is 1.80. The third kappa shape index (κ3) is 5.58. The molecule has 1 aromatic carbocycles. The maximum Gasteiger partial charge on any atom is 0.573 e. The van der Waals surface area contributed by atoms with Crippen LogP contribution in [0.4, 0.5) is 13.2 Å². The number of ether oxygens (including phenoxy) is 1. The summed E-state index contributed by atoms with van der Waals surface area (Å²) in [5, 5.41) is 3.47. The first kappa shape index (κ1) is 16.1. The Morgan fingerprint density at radius 1 is 1.14 bits per heavy atom. The number of benzene rings is 1. The van der Waals surface area contributed by atoms with Gasteiger partial charge in [-0.3, -0.25) is 0 Å². The van der Waals surface area contributed by atoms with Gasteiger partial charge < -0.3 is 10.1 Å². The summed E-state index contributed by atoms with van der Waals surface area (Å²) in [7, 11) is 0. The molecule has 1 aromatic rings. The van der Waals surface area contributed by atoms with Crippen molar-refractivity contribution in [1.29, 1.82) is 0 Å². The lowest BCUT2D eigenvalue weighted by Gasteiger charge is -2.28. The summed E-state index contributed by atoms with van der Waals surface area (Å²) in [6.07, 6.45) is 1.86. The summed E-state index contributed by atoms with van der Waals surface area (Å²) in [5.41, 5.74) is 0.965. The molecule has 0 aromatic heterocycles. The van der Waals surface area contributed by atoms with Crippen LogP contribution in [0.25, 0.3) is 0 Å². The number of nitrogens with one attached hydrogen (secondary N) is 1. The predicted octanol–water partition coefficient (Wildman–Crippen LogP) is 4.64. The molecule has 2 nitrogen and oxygen atoms in total. The molecule has 1 saturated carbocycles. The van der Waals surface area contributed by atoms with E-state index in [0.717, 1.165) is 5.56 Å². The standard InChI is InChI=1S/C16H22F3NO/c1-12(14-5-3-2-4-6-14)20-11-13-7-9-15(10-8-13)21-16(17,18)19/h7-10,12,14,20H,2-6,11H2,1H3/t12-/m1/s1. The molecule has 0 spiro atoms. The van der Waals surface area contributed by atoms with Crippen molar-refractivity contribution in [1.82, 2.24) is 5.32 Å². The van der Waals surface area contributed by atoms with Gasteiger partial charge in [-0.1, -0.05) is 31.4 Å². The Bertz CT molecular complexity index is 424.